The summed E-state index contributed by atoms with van der Waals surface area (Å²) < 4.78 is 7.33. The first-order valence-corrected chi connectivity index (χ1v) is 8.27. The molecule has 1 aromatic heterocycles. The van der Waals surface area contributed by atoms with Gasteiger partial charge in [0.25, 0.3) is 0 Å². The third-order valence-corrected chi connectivity index (χ3v) is 4.51. The summed E-state index contributed by atoms with van der Waals surface area (Å²) in [4.78, 5) is 12.4. The van der Waals surface area contributed by atoms with Crippen LogP contribution in [0.25, 0.3) is 5.69 Å². The van der Waals surface area contributed by atoms with Gasteiger partial charge in [0.05, 0.1) is 11.4 Å². The molecular weight excluding hydrogens is 290 g/mol. The third kappa shape index (κ3) is 3.28. The standard InChI is InChI=1S/C18H23N3O2/c1-12-9-10-13(2)16(11-12)21-14(3)17(19-20-21)18(22)23-15-7-5-4-6-8-15/h9-11,15H,4-8H2,1-3H3. The normalized spacial score (nSPS) is 15.6. The van der Waals surface area contributed by atoms with Gasteiger partial charge in [-0.1, -0.05) is 23.8 Å². The van der Waals surface area contributed by atoms with Crippen LogP contribution in [-0.4, -0.2) is 27.1 Å². The highest BCUT2D eigenvalue weighted by Crippen LogP contribution is 2.23. The highest BCUT2D eigenvalue weighted by molar-refractivity contribution is 5.88. The van der Waals surface area contributed by atoms with Crippen LogP contribution >= 0.6 is 0 Å². The maximum Gasteiger partial charge on any atom is 0.361 e. The Morgan fingerprint density at radius 2 is 1.91 bits per heavy atom. The van der Waals surface area contributed by atoms with Gasteiger partial charge in [-0.25, -0.2) is 9.48 Å². The Kier molecular flexibility index (Phi) is 4.46. The van der Waals surface area contributed by atoms with Crippen molar-refractivity contribution in [3.8, 4) is 5.69 Å². The molecule has 0 saturated heterocycles. The molecule has 0 amide bonds. The summed E-state index contributed by atoms with van der Waals surface area (Å²) in [7, 11) is 0. The Morgan fingerprint density at radius 1 is 1.17 bits per heavy atom. The molecule has 0 spiro atoms. The van der Waals surface area contributed by atoms with Crippen LogP contribution in [0.4, 0.5) is 0 Å². The molecule has 23 heavy (non-hydrogen) atoms. The van der Waals surface area contributed by atoms with Crippen molar-refractivity contribution in [3.63, 3.8) is 0 Å². The molecule has 1 saturated carbocycles. The van der Waals surface area contributed by atoms with E-state index in [9.17, 15) is 4.79 Å². The molecule has 1 aromatic carbocycles. The number of nitrogens with zero attached hydrogens (tertiary/aromatic N) is 3. The van der Waals surface area contributed by atoms with E-state index in [2.05, 4.69) is 16.4 Å². The van der Waals surface area contributed by atoms with Crippen molar-refractivity contribution in [1.82, 2.24) is 15.0 Å². The highest BCUT2D eigenvalue weighted by Gasteiger charge is 2.24. The van der Waals surface area contributed by atoms with Crippen LogP contribution in [0.15, 0.2) is 18.2 Å². The summed E-state index contributed by atoms with van der Waals surface area (Å²) in [6.45, 7) is 5.92. The minimum absolute atomic E-state index is 0.0292. The summed E-state index contributed by atoms with van der Waals surface area (Å²) in [6.07, 6.45) is 5.43. The maximum absolute atomic E-state index is 12.4. The van der Waals surface area contributed by atoms with E-state index < -0.39 is 0 Å². The molecule has 5 nitrogen and oxygen atoms in total. The lowest BCUT2D eigenvalue weighted by Gasteiger charge is -2.21. The van der Waals surface area contributed by atoms with E-state index in [-0.39, 0.29) is 12.1 Å². The van der Waals surface area contributed by atoms with Gasteiger partial charge < -0.3 is 4.74 Å². The summed E-state index contributed by atoms with van der Waals surface area (Å²) in [5, 5.41) is 8.23. The van der Waals surface area contributed by atoms with E-state index in [1.165, 1.54) is 6.42 Å². The molecule has 0 radical (unpaired) electrons. The van der Waals surface area contributed by atoms with Crippen molar-refractivity contribution in [2.24, 2.45) is 0 Å². The zero-order valence-corrected chi connectivity index (χ0v) is 14.0. The molecule has 1 aliphatic rings. The Balaban J connectivity index is 1.84. The van der Waals surface area contributed by atoms with Gasteiger partial charge >= 0.3 is 5.97 Å². The Morgan fingerprint density at radius 3 is 2.65 bits per heavy atom. The maximum atomic E-state index is 12.4. The second-order valence-electron chi connectivity index (χ2n) is 6.39. The fourth-order valence-electron chi connectivity index (χ4n) is 3.08. The fourth-order valence-corrected chi connectivity index (χ4v) is 3.08. The number of ether oxygens (including phenoxy) is 1. The van der Waals surface area contributed by atoms with E-state index in [1.807, 2.05) is 32.9 Å². The number of carbonyl (C=O) groups excluding carboxylic acids is 1. The second kappa shape index (κ2) is 6.52. The van der Waals surface area contributed by atoms with Crippen molar-refractivity contribution in [2.75, 3.05) is 0 Å². The number of aryl methyl sites for hydroxylation is 2. The predicted molar refractivity (Wildman–Crippen MR) is 87.9 cm³/mol. The molecule has 3 rings (SSSR count). The molecular formula is C18H23N3O2. The van der Waals surface area contributed by atoms with E-state index >= 15 is 0 Å². The Labute approximate surface area is 136 Å². The first kappa shape index (κ1) is 15.7. The van der Waals surface area contributed by atoms with Gasteiger partial charge in [0.15, 0.2) is 5.69 Å². The number of benzene rings is 1. The number of hydrogen-bond donors (Lipinski definition) is 0. The van der Waals surface area contributed by atoms with Crippen LogP contribution in [0.5, 0.6) is 0 Å². The molecule has 2 aromatic rings. The van der Waals surface area contributed by atoms with Gasteiger partial charge in [-0.3, -0.25) is 0 Å². The van der Waals surface area contributed by atoms with Crippen molar-refractivity contribution in [2.45, 2.75) is 59.0 Å². The quantitative estimate of drug-likeness (QED) is 0.811. The fraction of sp³-hybridized carbons (Fsp3) is 0.500. The first-order chi connectivity index (χ1) is 11.1. The van der Waals surface area contributed by atoms with Gasteiger partial charge in [0, 0.05) is 0 Å². The second-order valence-corrected chi connectivity index (χ2v) is 6.39. The monoisotopic (exact) mass is 313 g/mol. The van der Waals surface area contributed by atoms with Gasteiger partial charge in [0.1, 0.15) is 6.10 Å². The van der Waals surface area contributed by atoms with Gasteiger partial charge in [-0.2, -0.15) is 0 Å². The average Bonchev–Trinajstić information content (AvgIpc) is 2.92. The lowest BCUT2D eigenvalue weighted by atomic mass is 9.98. The molecule has 0 bridgehead atoms. The van der Waals surface area contributed by atoms with Crippen LogP contribution in [0.1, 0.15) is 59.4 Å². The van der Waals surface area contributed by atoms with Gasteiger partial charge in [-0.05, 0) is 63.6 Å². The molecule has 0 aliphatic heterocycles. The largest absolute Gasteiger partial charge is 0.458 e. The lowest BCUT2D eigenvalue weighted by Crippen LogP contribution is -2.21. The van der Waals surface area contributed by atoms with Crippen molar-refractivity contribution in [3.05, 3.63) is 40.7 Å². The lowest BCUT2D eigenvalue weighted by molar-refractivity contribution is 0.0203. The van der Waals surface area contributed by atoms with Crippen molar-refractivity contribution in [1.29, 1.82) is 0 Å². The van der Waals surface area contributed by atoms with Crippen molar-refractivity contribution >= 4 is 5.97 Å². The molecule has 1 fully saturated rings. The van der Waals surface area contributed by atoms with Crippen LogP contribution in [0.3, 0.4) is 0 Å². The summed E-state index contributed by atoms with van der Waals surface area (Å²) in [5.41, 5.74) is 4.23. The average molecular weight is 313 g/mol. The van der Waals surface area contributed by atoms with E-state index in [0.29, 0.717) is 5.69 Å². The number of rotatable bonds is 3. The van der Waals surface area contributed by atoms with E-state index in [4.69, 9.17) is 4.74 Å². The molecule has 122 valence electrons. The highest BCUT2D eigenvalue weighted by atomic mass is 16.5. The minimum Gasteiger partial charge on any atom is -0.458 e. The summed E-state index contributed by atoms with van der Waals surface area (Å²) in [6, 6.07) is 6.16. The predicted octanol–water partition coefficient (Wildman–Crippen LogP) is 3.68. The number of hydrogen-bond acceptors (Lipinski definition) is 4. The Hall–Kier alpha value is -2.17. The minimum atomic E-state index is -0.356. The molecule has 1 aliphatic carbocycles. The van der Waals surface area contributed by atoms with Crippen LogP contribution < -0.4 is 0 Å². The molecule has 1 heterocycles. The first-order valence-electron chi connectivity index (χ1n) is 8.27. The SMILES string of the molecule is Cc1ccc(C)c(-n2nnc(C(=O)OC3CCCCC3)c2C)c1. The number of carbonyl (C=O) groups is 1. The Bertz CT molecular complexity index is 715. The number of esters is 1. The molecule has 5 heteroatoms. The molecule has 0 unspecified atom stereocenters. The van der Waals surface area contributed by atoms with E-state index in [1.54, 1.807) is 4.68 Å². The van der Waals surface area contributed by atoms with Gasteiger partial charge in [-0.15, -0.1) is 5.10 Å². The zero-order chi connectivity index (χ0) is 16.4. The van der Waals surface area contributed by atoms with Crippen molar-refractivity contribution < 1.29 is 9.53 Å². The van der Waals surface area contributed by atoms with Crippen LogP contribution in [0, 0.1) is 20.8 Å². The third-order valence-electron chi connectivity index (χ3n) is 4.51. The van der Waals surface area contributed by atoms with Gasteiger partial charge in [0.2, 0.25) is 0 Å². The van der Waals surface area contributed by atoms with Crippen LogP contribution in [0.2, 0.25) is 0 Å². The summed E-state index contributed by atoms with van der Waals surface area (Å²) >= 11 is 0. The zero-order valence-electron chi connectivity index (χ0n) is 14.0. The smallest absolute Gasteiger partial charge is 0.361 e. The number of aromatic nitrogens is 3. The van der Waals surface area contributed by atoms with Crippen LogP contribution in [-0.2, 0) is 4.74 Å². The molecule has 0 N–H and O–H groups in total. The topological polar surface area (TPSA) is 57.0 Å². The molecule has 0 atom stereocenters. The van der Waals surface area contributed by atoms with E-state index in [0.717, 1.165) is 48.2 Å². The summed E-state index contributed by atoms with van der Waals surface area (Å²) in [5.74, 6) is -0.356.